The van der Waals surface area contributed by atoms with Crippen LogP contribution in [0, 0.1) is 0 Å². The summed E-state index contributed by atoms with van der Waals surface area (Å²) in [5.41, 5.74) is 0. The van der Waals surface area contributed by atoms with Crippen LogP contribution in [0.3, 0.4) is 0 Å². The topological polar surface area (TPSA) is 78.4 Å². The first-order valence-electron chi connectivity index (χ1n) is 5.81. The quantitative estimate of drug-likeness (QED) is 0.353. The Bertz CT molecular complexity index is 749. The average molecular weight is 535 g/mol. The van der Waals surface area contributed by atoms with Crippen molar-refractivity contribution < 1.29 is 91.6 Å². The SMILES string of the molecule is N.O=S(=O)(OC(F)(F)C(F)(F)C(F)(F)C(F)(F)C(F)(F)C(F)(F)F)C(F)(F)C(F)(F)F. The van der Waals surface area contributed by atoms with Gasteiger partial charge in [-0.15, -0.1) is 0 Å². The van der Waals surface area contributed by atoms with Gasteiger partial charge in [-0.1, -0.05) is 0 Å². The molecule has 0 saturated heterocycles. The molecule has 0 atom stereocenters. The summed E-state index contributed by atoms with van der Waals surface area (Å²) in [6.07, 6.45) is -23.4. The number of halogens is 18. The van der Waals surface area contributed by atoms with Gasteiger partial charge in [0.05, 0.1) is 0 Å². The summed E-state index contributed by atoms with van der Waals surface area (Å²) in [5.74, 6) is -34.0. The van der Waals surface area contributed by atoms with Crippen molar-refractivity contribution in [2.24, 2.45) is 0 Å². The van der Waals surface area contributed by atoms with E-state index < -0.39 is 57.5 Å². The summed E-state index contributed by atoms with van der Waals surface area (Å²) in [4.78, 5) is 0. The first kappa shape index (κ1) is 31.8. The summed E-state index contributed by atoms with van der Waals surface area (Å²) >= 11 is 0. The Balaban J connectivity index is 0. The second-order valence-corrected chi connectivity index (χ2v) is 6.45. The molecule has 0 amide bonds. The van der Waals surface area contributed by atoms with E-state index in [0.29, 0.717) is 0 Å². The molecule has 0 aromatic carbocycles. The monoisotopic (exact) mass is 535 g/mol. The van der Waals surface area contributed by atoms with E-state index in [1.54, 1.807) is 0 Å². The van der Waals surface area contributed by atoms with Gasteiger partial charge in [-0.05, 0) is 0 Å². The van der Waals surface area contributed by atoms with Gasteiger partial charge in [0.25, 0.3) is 0 Å². The van der Waals surface area contributed by atoms with Crippen molar-refractivity contribution in [3.8, 4) is 0 Å². The molecular formula is C8H3F18NO3S. The molecule has 0 fully saturated rings. The van der Waals surface area contributed by atoms with E-state index in [4.69, 9.17) is 0 Å². The van der Waals surface area contributed by atoms with Crippen LogP contribution in [-0.2, 0) is 14.3 Å². The lowest BCUT2D eigenvalue weighted by Gasteiger charge is -2.39. The molecule has 23 heteroatoms. The van der Waals surface area contributed by atoms with Crippen LogP contribution >= 0.6 is 0 Å². The van der Waals surface area contributed by atoms with Gasteiger partial charge in [0.1, 0.15) is 0 Å². The zero-order valence-corrected chi connectivity index (χ0v) is 14.0. The molecule has 31 heavy (non-hydrogen) atoms. The summed E-state index contributed by atoms with van der Waals surface area (Å²) in [7, 11) is -8.50. The van der Waals surface area contributed by atoms with Crippen LogP contribution in [0.25, 0.3) is 0 Å². The van der Waals surface area contributed by atoms with Crippen LogP contribution in [0.5, 0.6) is 0 Å². The van der Waals surface area contributed by atoms with E-state index in [9.17, 15) is 87.4 Å². The fraction of sp³-hybridized carbons (Fsp3) is 1.00. The van der Waals surface area contributed by atoms with Crippen molar-refractivity contribution in [3.05, 3.63) is 0 Å². The summed E-state index contributed by atoms with van der Waals surface area (Å²) in [6.45, 7) is 0. The van der Waals surface area contributed by atoms with E-state index in [-0.39, 0.29) is 6.15 Å². The fourth-order valence-electron chi connectivity index (χ4n) is 1.14. The van der Waals surface area contributed by atoms with Crippen LogP contribution in [0.2, 0.25) is 0 Å². The predicted octanol–water partition coefficient (Wildman–Crippen LogP) is 5.35. The van der Waals surface area contributed by atoms with Crippen molar-refractivity contribution in [2.45, 2.75) is 47.4 Å². The highest BCUT2D eigenvalue weighted by Crippen LogP contribution is 2.61. The van der Waals surface area contributed by atoms with Crippen molar-refractivity contribution in [2.75, 3.05) is 0 Å². The van der Waals surface area contributed by atoms with E-state index in [0.717, 1.165) is 0 Å². The lowest BCUT2D eigenvalue weighted by molar-refractivity contribution is -0.457. The second kappa shape index (κ2) is 7.59. The first-order valence-corrected chi connectivity index (χ1v) is 7.22. The van der Waals surface area contributed by atoms with Crippen LogP contribution in [0.1, 0.15) is 0 Å². The summed E-state index contributed by atoms with van der Waals surface area (Å²) in [5, 5.41) is -7.59. The Morgan fingerprint density at radius 1 is 0.452 bits per heavy atom. The average Bonchev–Trinajstić information content (AvgIpc) is 2.42. The number of rotatable bonds is 7. The van der Waals surface area contributed by atoms with Crippen LogP contribution in [0.15, 0.2) is 0 Å². The minimum atomic E-state index is -8.66. The van der Waals surface area contributed by atoms with Gasteiger partial charge in [-0.25, -0.2) is 0 Å². The van der Waals surface area contributed by atoms with E-state index in [2.05, 4.69) is 0 Å². The van der Waals surface area contributed by atoms with Crippen LogP contribution in [0.4, 0.5) is 79.0 Å². The van der Waals surface area contributed by atoms with Gasteiger partial charge in [-0.3, -0.25) is 0 Å². The maximum Gasteiger partial charge on any atom is 0.472 e. The molecule has 0 spiro atoms. The Kier molecular flexibility index (Phi) is 7.78. The van der Waals surface area contributed by atoms with E-state index in [1.807, 2.05) is 0 Å². The molecule has 0 aliphatic rings. The molecule has 0 saturated carbocycles. The number of hydrogen-bond donors (Lipinski definition) is 1. The third-order valence-electron chi connectivity index (χ3n) is 2.76. The third kappa shape index (κ3) is 4.43. The zero-order valence-electron chi connectivity index (χ0n) is 13.1. The molecule has 4 nitrogen and oxygen atoms in total. The van der Waals surface area contributed by atoms with Crippen molar-refractivity contribution >= 4 is 10.1 Å². The molecule has 0 bridgehead atoms. The van der Waals surface area contributed by atoms with Crippen LogP contribution in [-0.4, -0.2) is 55.8 Å². The standard InChI is InChI=1S/C8F18O3S.H3N/c9-1(10,3(13,14)5(17,18)19)2(11,12)4(15,16)7(23,24)29-30(27,28)8(25,26)6(20,21)22;/h;1H3. The normalized spacial score (nSPS) is 16.2. The molecule has 0 heterocycles. The smallest absolute Gasteiger partial charge is 0.344 e. The molecule has 0 aliphatic carbocycles. The van der Waals surface area contributed by atoms with Crippen molar-refractivity contribution in [1.82, 2.24) is 6.15 Å². The molecular weight excluding hydrogens is 532 g/mol. The van der Waals surface area contributed by atoms with Gasteiger partial charge < -0.3 is 6.15 Å². The number of hydrogen-bond acceptors (Lipinski definition) is 4. The summed E-state index contributed by atoms with van der Waals surface area (Å²) < 4.78 is 246. The Hall–Kier alpha value is -1.39. The maximum atomic E-state index is 13.0. The minimum absolute atomic E-state index is 0. The van der Waals surface area contributed by atoms with Crippen molar-refractivity contribution in [1.29, 1.82) is 0 Å². The predicted molar refractivity (Wildman–Crippen MR) is 56.8 cm³/mol. The molecule has 0 aliphatic heterocycles. The lowest BCUT2D eigenvalue weighted by atomic mass is 9.97. The Morgan fingerprint density at radius 2 is 0.742 bits per heavy atom. The van der Waals surface area contributed by atoms with Gasteiger partial charge in [-0.2, -0.15) is 91.6 Å². The minimum Gasteiger partial charge on any atom is -0.344 e. The lowest BCUT2D eigenvalue weighted by Crippen LogP contribution is -2.70. The molecule has 0 aromatic heterocycles. The first-order chi connectivity index (χ1) is 12.5. The van der Waals surface area contributed by atoms with Gasteiger partial charge in [0, 0.05) is 0 Å². The third-order valence-corrected chi connectivity index (χ3v) is 4.05. The second-order valence-electron chi connectivity index (χ2n) is 4.86. The highest BCUT2D eigenvalue weighted by Gasteiger charge is 2.92. The van der Waals surface area contributed by atoms with Gasteiger partial charge in [0.2, 0.25) is 0 Å². The molecule has 0 unspecified atom stereocenters. The van der Waals surface area contributed by atoms with Crippen LogP contribution < -0.4 is 6.15 Å². The maximum absolute atomic E-state index is 13.0. The van der Waals surface area contributed by atoms with E-state index >= 15 is 0 Å². The van der Waals surface area contributed by atoms with Crippen molar-refractivity contribution in [3.63, 3.8) is 0 Å². The fourth-order valence-corrected chi connectivity index (χ4v) is 1.91. The molecule has 0 aromatic rings. The number of alkyl halides is 18. The van der Waals surface area contributed by atoms with E-state index in [1.165, 1.54) is 4.18 Å². The zero-order chi connectivity index (χ0) is 25.2. The largest absolute Gasteiger partial charge is 0.472 e. The Labute approximate surface area is 156 Å². The highest BCUT2D eigenvalue weighted by molar-refractivity contribution is 7.87. The molecule has 3 N–H and O–H groups in total. The van der Waals surface area contributed by atoms with Gasteiger partial charge >= 0.3 is 57.5 Å². The highest BCUT2D eigenvalue weighted by atomic mass is 32.2. The van der Waals surface area contributed by atoms with Gasteiger partial charge in [0.15, 0.2) is 0 Å². The Morgan fingerprint density at radius 3 is 1.00 bits per heavy atom. The summed E-state index contributed by atoms with van der Waals surface area (Å²) in [6, 6.07) is 0. The molecule has 190 valence electrons. The molecule has 0 radical (unpaired) electrons. The molecule has 0 rings (SSSR count).